The van der Waals surface area contributed by atoms with E-state index in [9.17, 15) is 22.8 Å². The molecule has 0 radical (unpaired) electrons. The first kappa shape index (κ1) is 31.2. The maximum Gasteiger partial charge on any atom is 0.418 e. The number of anilines is 1. The zero-order valence-electron chi connectivity index (χ0n) is 23.6. The summed E-state index contributed by atoms with van der Waals surface area (Å²) in [6.07, 6.45) is -4.62. The molecule has 0 fully saturated rings. The summed E-state index contributed by atoms with van der Waals surface area (Å²) in [7, 11) is 4.34. The number of amides is 2. The number of nitrogens with zero attached hydrogens (tertiary/aromatic N) is 3. The van der Waals surface area contributed by atoms with Crippen molar-refractivity contribution in [3.63, 3.8) is 0 Å². The van der Waals surface area contributed by atoms with Crippen LogP contribution in [0.2, 0.25) is 0 Å². The number of para-hydroxylation sites is 1. The molecule has 14 heteroatoms. The van der Waals surface area contributed by atoms with E-state index in [4.69, 9.17) is 14.2 Å². The van der Waals surface area contributed by atoms with Crippen LogP contribution in [0.3, 0.4) is 0 Å². The zero-order chi connectivity index (χ0) is 31.1. The molecule has 4 rings (SSSR count). The second-order valence-corrected chi connectivity index (χ2v) is 9.99. The van der Waals surface area contributed by atoms with Crippen molar-refractivity contribution in [2.24, 2.45) is 0 Å². The van der Waals surface area contributed by atoms with Crippen molar-refractivity contribution in [1.82, 2.24) is 20.1 Å². The Morgan fingerprint density at radius 2 is 1.63 bits per heavy atom. The molecule has 0 atom stereocenters. The third-order valence-corrected chi connectivity index (χ3v) is 7.06. The van der Waals surface area contributed by atoms with E-state index in [1.54, 1.807) is 4.57 Å². The minimum absolute atomic E-state index is 0.0395. The number of hydrogen-bond acceptors (Lipinski definition) is 8. The highest BCUT2D eigenvalue weighted by Crippen LogP contribution is 2.38. The molecule has 43 heavy (non-hydrogen) atoms. The number of rotatable bonds is 11. The van der Waals surface area contributed by atoms with Gasteiger partial charge in [0.05, 0.1) is 44.9 Å². The summed E-state index contributed by atoms with van der Waals surface area (Å²) in [6, 6.07) is 15.2. The van der Waals surface area contributed by atoms with Crippen molar-refractivity contribution in [1.29, 1.82) is 0 Å². The van der Waals surface area contributed by atoms with Crippen LogP contribution in [0.1, 0.15) is 27.3 Å². The normalized spacial score (nSPS) is 11.1. The predicted molar refractivity (Wildman–Crippen MR) is 154 cm³/mol. The van der Waals surface area contributed by atoms with E-state index in [1.165, 1.54) is 51.7 Å². The smallest absolute Gasteiger partial charge is 0.418 e. The van der Waals surface area contributed by atoms with Crippen LogP contribution in [0.15, 0.2) is 65.8 Å². The van der Waals surface area contributed by atoms with Crippen molar-refractivity contribution >= 4 is 29.3 Å². The van der Waals surface area contributed by atoms with Crippen LogP contribution < -0.4 is 24.8 Å². The quantitative estimate of drug-likeness (QED) is 0.219. The lowest BCUT2D eigenvalue weighted by Gasteiger charge is -2.15. The van der Waals surface area contributed by atoms with E-state index in [2.05, 4.69) is 20.8 Å². The van der Waals surface area contributed by atoms with Gasteiger partial charge in [-0.1, -0.05) is 36.0 Å². The monoisotopic (exact) mass is 615 g/mol. The van der Waals surface area contributed by atoms with Crippen molar-refractivity contribution in [2.45, 2.75) is 24.8 Å². The van der Waals surface area contributed by atoms with E-state index in [0.29, 0.717) is 33.9 Å². The molecular weight excluding hydrogens is 587 g/mol. The fraction of sp³-hybridized carbons (Fsp3) is 0.241. The number of alkyl halides is 3. The summed E-state index contributed by atoms with van der Waals surface area (Å²) in [4.78, 5) is 25.7. The minimum atomic E-state index is -4.62. The first-order valence-corrected chi connectivity index (χ1v) is 13.7. The van der Waals surface area contributed by atoms with Gasteiger partial charge in [0, 0.05) is 11.3 Å². The van der Waals surface area contributed by atoms with Crippen LogP contribution in [0.25, 0.3) is 5.69 Å². The number of aromatic nitrogens is 3. The molecule has 2 N–H and O–H groups in total. The van der Waals surface area contributed by atoms with Gasteiger partial charge in [-0.05, 0) is 48.9 Å². The third kappa shape index (κ3) is 7.38. The van der Waals surface area contributed by atoms with Crippen molar-refractivity contribution < 1.29 is 37.0 Å². The van der Waals surface area contributed by atoms with E-state index in [1.807, 2.05) is 31.2 Å². The number of carbonyl (C=O) groups excluding carboxylic acids is 2. The highest BCUT2D eigenvalue weighted by atomic mass is 32.2. The van der Waals surface area contributed by atoms with Gasteiger partial charge in [-0.3, -0.25) is 14.2 Å². The molecule has 0 spiro atoms. The molecule has 0 saturated heterocycles. The molecule has 1 aromatic heterocycles. The first-order chi connectivity index (χ1) is 20.5. The molecule has 0 aliphatic rings. The molecule has 10 nitrogen and oxygen atoms in total. The highest BCUT2D eigenvalue weighted by molar-refractivity contribution is 7.99. The third-order valence-electron chi connectivity index (χ3n) is 6.13. The molecule has 3 aromatic carbocycles. The van der Waals surface area contributed by atoms with E-state index in [0.717, 1.165) is 23.4 Å². The number of thioether (sulfide) groups is 1. The van der Waals surface area contributed by atoms with Crippen LogP contribution in [0, 0.1) is 6.92 Å². The molecule has 0 bridgehead atoms. The predicted octanol–water partition coefficient (Wildman–Crippen LogP) is 5.28. The topological polar surface area (TPSA) is 117 Å². The van der Waals surface area contributed by atoms with E-state index in [-0.39, 0.29) is 23.5 Å². The Balaban J connectivity index is 1.54. The van der Waals surface area contributed by atoms with Gasteiger partial charge in [-0.2, -0.15) is 13.2 Å². The Labute approximate surface area is 249 Å². The summed E-state index contributed by atoms with van der Waals surface area (Å²) in [5.41, 5.74) is 0.585. The van der Waals surface area contributed by atoms with Crippen LogP contribution in [0.4, 0.5) is 18.9 Å². The van der Waals surface area contributed by atoms with Gasteiger partial charge in [0.1, 0.15) is 0 Å². The number of carbonyl (C=O) groups is 2. The van der Waals surface area contributed by atoms with Crippen molar-refractivity contribution in [3.05, 3.63) is 83.2 Å². The van der Waals surface area contributed by atoms with Crippen LogP contribution in [-0.4, -0.2) is 53.7 Å². The second-order valence-electron chi connectivity index (χ2n) is 9.05. The average Bonchev–Trinajstić information content (AvgIpc) is 3.40. The maximum atomic E-state index is 13.3. The summed E-state index contributed by atoms with van der Waals surface area (Å²) >= 11 is 0.990. The van der Waals surface area contributed by atoms with Gasteiger partial charge in [0.15, 0.2) is 22.5 Å². The number of ether oxygens (including phenoxy) is 3. The lowest BCUT2D eigenvalue weighted by Crippen LogP contribution is -2.25. The van der Waals surface area contributed by atoms with Crippen LogP contribution in [-0.2, 0) is 17.5 Å². The Morgan fingerprint density at radius 3 is 2.26 bits per heavy atom. The number of methoxy groups -OCH3 is 3. The summed E-state index contributed by atoms with van der Waals surface area (Å²) in [6.45, 7) is 1.86. The molecule has 2 amide bonds. The van der Waals surface area contributed by atoms with E-state index >= 15 is 0 Å². The lowest BCUT2D eigenvalue weighted by molar-refractivity contribution is -0.137. The lowest BCUT2D eigenvalue weighted by atomic mass is 10.1. The first-order valence-electron chi connectivity index (χ1n) is 12.7. The number of hydrogen-bond donors (Lipinski definition) is 2. The Hall–Kier alpha value is -4.72. The number of halogens is 3. The van der Waals surface area contributed by atoms with Gasteiger partial charge in [0.2, 0.25) is 11.7 Å². The average molecular weight is 616 g/mol. The SMILES string of the molecule is COc1cc(C(=O)NCc2nnc(SCC(=O)Nc3ccccc3C(F)(F)F)n2-c2cccc(C)c2)cc(OC)c1OC. The molecule has 226 valence electrons. The van der Waals surface area contributed by atoms with Crippen LogP contribution in [0.5, 0.6) is 17.2 Å². The number of benzene rings is 3. The molecule has 0 saturated carbocycles. The van der Waals surface area contributed by atoms with Gasteiger partial charge in [-0.25, -0.2) is 0 Å². The maximum absolute atomic E-state index is 13.3. The standard InChI is InChI=1S/C29H28F3N5O5S/c1-17-8-7-9-19(12-17)37-24(15-33-27(39)18-13-22(40-2)26(42-4)23(14-18)41-3)35-36-28(37)43-16-25(38)34-21-11-6-5-10-20(21)29(30,31)32/h5-14H,15-16H2,1-4H3,(H,33,39)(H,34,38). The number of aryl methyl sites for hydroxylation is 1. The Bertz CT molecular complexity index is 1600. The molecular formula is C29H28F3N5O5S. The van der Waals surface area contributed by atoms with E-state index < -0.39 is 23.6 Å². The van der Waals surface area contributed by atoms with Gasteiger partial charge >= 0.3 is 6.18 Å². The van der Waals surface area contributed by atoms with Crippen molar-refractivity contribution in [3.8, 4) is 22.9 Å². The Kier molecular flexibility index (Phi) is 9.80. The summed E-state index contributed by atoms with van der Waals surface area (Å²) < 4.78 is 57.7. The number of nitrogens with one attached hydrogen (secondary N) is 2. The largest absolute Gasteiger partial charge is 0.493 e. The summed E-state index contributed by atoms with van der Waals surface area (Å²) in [5, 5.41) is 13.8. The summed E-state index contributed by atoms with van der Waals surface area (Å²) in [5.74, 6) is -0.0271. The minimum Gasteiger partial charge on any atom is -0.493 e. The van der Waals surface area contributed by atoms with Crippen molar-refractivity contribution in [2.75, 3.05) is 32.4 Å². The molecule has 0 unspecified atom stereocenters. The fourth-order valence-corrected chi connectivity index (χ4v) is 4.93. The second kappa shape index (κ2) is 13.5. The molecule has 0 aliphatic heterocycles. The van der Waals surface area contributed by atoms with Gasteiger partial charge < -0.3 is 24.8 Å². The van der Waals surface area contributed by atoms with Gasteiger partial charge in [0.25, 0.3) is 5.91 Å². The molecule has 0 aliphatic carbocycles. The van der Waals surface area contributed by atoms with Gasteiger partial charge in [-0.15, -0.1) is 10.2 Å². The molecule has 1 heterocycles. The zero-order valence-corrected chi connectivity index (χ0v) is 24.4. The Morgan fingerprint density at radius 1 is 0.930 bits per heavy atom. The fourth-order valence-electron chi connectivity index (χ4n) is 4.16. The van der Waals surface area contributed by atoms with Crippen LogP contribution >= 0.6 is 11.8 Å². The highest BCUT2D eigenvalue weighted by Gasteiger charge is 2.33. The molecule has 4 aromatic rings.